The number of amides is 2. The van der Waals surface area contributed by atoms with E-state index in [1.165, 1.54) is 11.3 Å². The number of fused-ring (bicyclic) bond motifs is 1. The standard InChI is InChI=1S/C10H12N2O2S/c1-2-9(13)11-4-8-6-3-12-10(14)7(6)5-15-8/h5H,2-4H2,1H3,(H,11,13)(H,12,14). The van der Waals surface area contributed by atoms with Gasteiger partial charge in [-0.15, -0.1) is 11.3 Å². The Bertz CT molecular complexity index is 412. The van der Waals surface area contributed by atoms with Gasteiger partial charge in [0.2, 0.25) is 5.91 Å². The summed E-state index contributed by atoms with van der Waals surface area (Å²) in [5.41, 5.74) is 1.81. The molecule has 0 bridgehead atoms. The Hall–Kier alpha value is -1.36. The van der Waals surface area contributed by atoms with Crippen molar-refractivity contribution in [1.29, 1.82) is 0 Å². The second-order valence-corrected chi connectivity index (χ2v) is 4.33. The van der Waals surface area contributed by atoms with Crippen molar-refractivity contribution < 1.29 is 9.59 Å². The highest BCUT2D eigenvalue weighted by molar-refractivity contribution is 7.10. The van der Waals surface area contributed by atoms with Crippen molar-refractivity contribution in [1.82, 2.24) is 10.6 Å². The molecule has 1 aliphatic rings. The van der Waals surface area contributed by atoms with Crippen LogP contribution in [0.25, 0.3) is 0 Å². The Kier molecular flexibility index (Phi) is 2.73. The number of hydrogen-bond acceptors (Lipinski definition) is 3. The van der Waals surface area contributed by atoms with Gasteiger partial charge in [-0.2, -0.15) is 0 Å². The molecule has 2 amide bonds. The summed E-state index contributed by atoms with van der Waals surface area (Å²) in [4.78, 5) is 23.4. The molecule has 2 rings (SSSR count). The Morgan fingerprint density at radius 2 is 2.47 bits per heavy atom. The maximum Gasteiger partial charge on any atom is 0.252 e. The predicted molar refractivity (Wildman–Crippen MR) is 57.6 cm³/mol. The van der Waals surface area contributed by atoms with Gasteiger partial charge in [0.15, 0.2) is 0 Å². The number of carbonyl (C=O) groups is 2. The molecule has 1 aliphatic heterocycles. The minimum Gasteiger partial charge on any atom is -0.351 e. The van der Waals surface area contributed by atoms with Gasteiger partial charge in [0.05, 0.1) is 12.1 Å². The van der Waals surface area contributed by atoms with E-state index in [2.05, 4.69) is 10.6 Å². The van der Waals surface area contributed by atoms with E-state index in [1.807, 2.05) is 12.3 Å². The average Bonchev–Trinajstić information content (AvgIpc) is 2.79. The molecule has 2 heterocycles. The molecule has 4 nitrogen and oxygen atoms in total. The molecule has 0 atom stereocenters. The van der Waals surface area contributed by atoms with Crippen LogP contribution in [0.1, 0.15) is 34.1 Å². The molecule has 2 N–H and O–H groups in total. The highest BCUT2D eigenvalue weighted by atomic mass is 32.1. The normalized spacial score (nSPS) is 13.5. The third-order valence-electron chi connectivity index (χ3n) is 2.42. The van der Waals surface area contributed by atoms with Crippen molar-refractivity contribution in [3.8, 4) is 0 Å². The lowest BCUT2D eigenvalue weighted by Gasteiger charge is -2.02. The first-order valence-electron chi connectivity index (χ1n) is 4.86. The first-order valence-corrected chi connectivity index (χ1v) is 5.74. The van der Waals surface area contributed by atoms with Crippen LogP contribution >= 0.6 is 11.3 Å². The predicted octanol–water partition coefficient (Wildman–Crippen LogP) is 1.02. The summed E-state index contributed by atoms with van der Waals surface area (Å²) >= 11 is 1.53. The molecule has 0 saturated heterocycles. The maximum atomic E-state index is 11.3. The van der Waals surface area contributed by atoms with Crippen LogP contribution in [0.15, 0.2) is 5.38 Å². The van der Waals surface area contributed by atoms with Gasteiger partial charge in [-0.25, -0.2) is 0 Å². The molecule has 80 valence electrons. The van der Waals surface area contributed by atoms with Crippen molar-refractivity contribution in [2.75, 3.05) is 0 Å². The zero-order chi connectivity index (χ0) is 10.8. The zero-order valence-corrected chi connectivity index (χ0v) is 9.24. The molecule has 0 unspecified atom stereocenters. The van der Waals surface area contributed by atoms with E-state index in [1.54, 1.807) is 0 Å². The molecule has 1 aromatic rings. The number of rotatable bonds is 3. The number of carbonyl (C=O) groups excluding carboxylic acids is 2. The molecule has 1 aromatic heterocycles. The minimum atomic E-state index is -0.00526. The lowest BCUT2D eigenvalue weighted by atomic mass is 10.2. The van der Waals surface area contributed by atoms with Crippen LogP contribution in [-0.2, 0) is 17.9 Å². The highest BCUT2D eigenvalue weighted by Gasteiger charge is 2.23. The zero-order valence-electron chi connectivity index (χ0n) is 8.42. The Morgan fingerprint density at radius 3 is 3.20 bits per heavy atom. The van der Waals surface area contributed by atoms with E-state index in [0.29, 0.717) is 19.5 Å². The summed E-state index contributed by atoms with van der Waals surface area (Å²) in [6.45, 7) is 2.94. The summed E-state index contributed by atoms with van der Waals surface area (Å²) in [6, 6.07) is 0. The van der Waals surface area contributed by atoms with Gasteiger partial charge in [0.1, 0.15) is 0 Å². The second-order valence-electron chi connectivity index (χ2n) is 3.36. The largest absolute Gasteiger partial charge is 0.351 e. The van der Waals surface area contributed by atoms with E-state index >= 15 is 0 Å². The Balaban J connectivity index is 2.08. The van der Waals surface area contributed by atoms with Crippen molar-refractivity contribution in [3.63, 3.8) is 0 Å². The molecule has 15 heavy (non-hydrogen) atoms. The smallest absolute Gasteiger partial charge is 0.252 e. The number of nitrogens with one attached hydrogen (secondary N) is 2. The van der Waals surface area contributed by atoms with Gasteiger partial charge >= 0.3 is 0 Å². The van der Waals surface area contributed by atoms with E-state index < -0.39 is 0 Å². The molecule has 0 aromatic carbocycles. The van der Waals surface area contributed by atoms with E-state index in [9.17, 15) is 9.59 Å². The molecular weight excluding hydrogens is 212 g/mol. The SMILES string of the molecule is CCC(=O)NCc1scc2c1CNC2=O. The highest BCUT2D eigenvalue weighted by Crippen LogP contribution is 2.26. The van der Waals surface area contributed by atoms with Crippen LogP contribution in [0.5, 0.6) is 0 Å². The fourth-order valence-corrected chi connectivity index (χ4v) is 2.51. The minimum absolute atomic E-state index is 0.00526. The van der Waals surface area contributed by atoms with Gasteiger partial charge < -0.3 is 10.6 Å². The van der Waals surface area contributed by atoms with Crippen LogP contribution in [-0.4, -0.2) is 11.8 Å². The fraction of sp³-hybridized carbons (Fsp3) is 0.400. The van der Waals surface area contributed by atoms with E-state index in [0.717, 1.165) is 16.0 Å². The molecule has 0 fully saturated rings. The molecule has 0 radical (unpaired) electrons. The Morgan fingerprint density at radius 1 is 1.67 bits per heavy atom. The van der Waals surface area contributed by atoms with Crippen LogP contribution in [0, 0.1) is 0 Å². The number of thiophene rings is 1. The van der Waals surface area contributed by atoms with E-state index in [4.69, 9.17) is 0 Å². The van der Waals surface area contributed by atoms with Crippen LogP contribution in [0.3, 0.4) is 0 Å². The van der Waals surface area contributed by atoms with Crippen LogP contribution in [0.4, 0.5) is 0 Å². The monoisotopic (exact) mass is 224 g/mol. The van der Waals surface area contributed by atoms with Gasteiger partial charge in [-0.05, 0) is 5.56 Å². The third kappa shape index (κ3) is 1.87. The molecule has 0 saturated carbocycles. The Labute approximate surface area is 91.7 Å². The van der Waals surface area contributed by atoms with Crippen LogP contribution < -0.4 is 10.6 Å². The summed E-state index contributed by atoms with van der Waals surface area (Å²) in [5, 5.41) is 7.43. The molecule has 0 spiro atoms. The van der Waals surface area contributed by atoms with Crippen molar-refractivity contribution in [2.24, 2.45) is 0 Å². The number of hydrogen-bond donors (Lipinski definition) is 2. The summed E-state index contributed by atoms with van der Waals surface area (Å²) in [5.74, 6) is 0.0313. The summed E-state index contributed by atoms with van der Waals surface area (Å²) in [7, 11) is 0. The molecule has 5 heteroatoms. The average molecular weight is 224 g/mol. The summed E-state index contributed by atoms with van der Waals surface area (Å²) in [6.07, 6.45) is 0.491. The van der Waals surface area contributed by atoms with Crippen molar-refractivity contribution >= 4 is 23.2 Å². The lowest BCUT2D eigenvalue weighted by Crippen LogP contribution is -2.21. The molecular formula is C10H12N2O2S. The maximum absolute atomic E-state index is 11.3. The van der Waals surface area contributed by atoms with Gasteiger partial charge in [-0.1, -0.05) is 6.92 Å². The fourth-order valence-electron chi connectivity index (χ4n) is 1.52. The van der Waals surface area contributed by atoms with Gasteiger partial charge in [0, 0.05) is 23.2 Å². The topological polar surface area (TPSA) is 58.2 Å². The van der Waals surface area contributed by atoms with Crippen LogP contribution in [0.2, 0.25) is 0 Å². The first-order chi connectivity index (χ1) is 7.22. The lowest BCUT2D eigenvalue weighted by molar-refractivity contribution is -0.120. The van der Waals surface area contributed by atoms with Gasteiger partial charge in [0.25, 0.3) is 5.91 Å². The second kappa shape index (κ2) is 4.02. The third-order valence-corrected chi connectivity index (χ3v) is 3.45. The van der Waals surface area contributed by atoms with Crippen molar-refractivity contribution in [2.45, 2.75) is 26.4 Å². The first kappa shape index (κ1) is 10.2. The van der Waals surface area contributed by atoms with Gasteiger partial charge in [-0.3, -0.25) is 9.59 Å². The van der Waals surface area contributed by atoms with Crippen molar-refractivity contribution in [3.05, 3.63) is 21.4 Å². The molecule has 0 aliphatic carbocycles. The summed E-state index contributed by atoms with van der Waals surface area (Å²) < 4.78 is 0. The quantitative estimate of drug-likeness (QED) is 0.805. The van der Waals surface area contributed by atoms with E-state index in [-0.39, 0.29) is 11.8 Å².